The van der Waals surface area contributed by atoms with Crippen molar-refractivity contribution >= 4 is 26.8 Å². The number of amides is 1. The highest BCUT2D eigenvalue weighted by Gasteiger charge is 2.20. The Hall–Kier alpha value is -3.39. The van der Waals surface area contributed by atoms with E-state index in [0.29, 0.717) is 22.9 Å². The first-order valence-electron chi connectivity index (χ1n) is 8.36. The van der Waals surface area contributed by atoms with Crippen LogP contribution in [0.15, 0.2) is 53.1 Å². The highest BCUT2D eigenvalue weighted by molar-refractivity contribution is 7.74. The van der Waals surface area contributed by atoms with Crippen LogP contribution in [0, 0.1) is 6.92 Å². The Labute approximate surface area is 163 Å². The molecule has 0 atom stereocenters. The second kappa shape index (κ2) is 8.10. The fourth-order valence-electron chi connectivity index (χ4n) is 2.75. The van der Waals surface area contributed by atoms with Crippen LogP contribution in [0.2, 0.25) is 0 Å². The SMILES string of the molecule is COc1cc(NC(=O)C(C)=S(=O)=O)ccc1-c1c(-c2ccccc2)noc1C. The number of anilines is 1. The summed E-state index contributed by atoms with van der Waals surface area (Å²) >= 11 is 0. The molecule has 3 rings (SSSR count). The summed E-state index contributed by atoms with van der Waals surface area (Å²) in [5, 5.41) is 6.72. The standard InChI is InChI=1S/C20H18N2O5S/c1-12-18(19(22-27-12)14-7-5-4-6-8-14)16-10-9-15(11-17(16)26-3)21-20(23)13(2)28(24)25/h4-11H,1-3H3,(H,21,23). The van der Waals surface area contributed by atoms with Crippen LogP contribution in [0.3, 0.4) is 0 Å². The third-order valence-electron chi connectivity index (χ3n) is 4.21. The summed E-state index contributed by atoms with van der Waals surface area (Å²) in [6.07, 6.45) is 0. The van der Waals surface area contributed by atoms with Gasteiger partial charge >= 0.3 is 0 Å². The molecule has 3 aromatic rings. The zero-order valence-corrected chi connectivity index (χ0v) is 16.3. The summed E-state index contributed by atoms with van der Waals surface area (Å²) in [5.41, 5.74) is 3.51. The number of hydrogen-bond acceptors (Lipinski definition) is 6. The molecule has 0 radical (unpaired) electrons. The topological polar surface area (TPSA) is 98.5 Å². The minimum atomic E-state index is -2.57. The van der Waals surface area contributed by atoms with Crippen molar-refractivity contribution in [3.05, 3.63) is 54.3 Å². The molecular weight excluding hydrogens is 380 g/mol. The van der Waals surface area contributed by atoms with Gasteiger partial charge in [0, 0.05) is 22.9 Å². The molecule has 0 unspecified atom stereocenters. The monoisotopic (exact) mass is 398 g/mol. The van der Waals surface area contributed by atoms with E-state index in [1.165, 1.54) is 14.0 Å². The van der Waals surface area contributed by atoms with Crippen molar-refractivity contribution in [2.45, 2.75) is 13.8 Å². The molecule has 28 heavy (non-hydrogen) atoms. The number of rotatable bonds is 5. The van der Waals surface area contributed by atoms with Crippen LogP contribution in [0.1, 0.15) is 12.7 Å². The largest absolute Gasteiger partial charge is 0.496 e. The maximum atomic E-state index is 12.0. The molecule has 1 heterocycles. The van der Waals surface area contributed by atoms with Gasteiger partial charge in [0.05, 0.1) is 12.7 Å². The smallest absolute Gasteiger partial charge is 0.266 e. The Morgan fingerprint density at radius 2 is 1.86 bits per heavy atom. The van der Waals surface area contributed by atoms with Crippen molar-refractivity contribution in [3.63, 3.8) is 0 Å². The van der Waals surface area contributed by atoms with E-state index in [0.717, 1.165) is 16.7 Å². The van der Waals surface area contributed by atoms with Crippen LogP contribution in [-0.2, 0) is 15.1 Å². The van der Waals surface area contributed by atoms with Gasteiger partial charge in [0.15, 0.2) is 0 Å². The first kappa shape index (κ1) is 19.4. The van der Waals surface area contributed by atoms with E-state index >= 15 is 0 Å². The Bertz CT molecular complexity index is 1160. The summed E-state index contributed by atoms with van der Waals surface area (Å²) in [5.74, 6) is 0.413. The molecule has 0 fully saturated rings. The molecule has 1 N–H and O–H groups in total. The molecule has 0 bridgehead atoms. The van der Waals surface area contributed by atoms with E-state index in [-0.39, 0.29) is 4.86 Å². The van der Waals surface area contributed by atoms with Crippen molar-refractivity contribution in [1.82, 2.24) is 5.16 Å². The summed E-state index contributed by atoms with van der Waals surface area (Å²) in [6.45, 7) is 3.04. The van der Waals surface area contributed by atoms with Gasteiger partial charge in [0.2, 0.25) is 10.3 Å². The highest BCUT2D eigenvalue weighted by Crippen LogP contribution is 2.40. The lowest BCUT2D eigenvalue weighted by atomic mass is 9.98. The van der Waals surface area contributed by atoms with E-state index in [2.05, 4.69) is 10.5 Å². The molecule has 0 saturated heterocycles. The third kappa shape index (κ3) is 3.81. The number of hydrogen-bond donors (Lipinski definition) is 1. The van der Waals surface area contributed by atoms with Gasteiger partial charge in [0.1, 0.15) is 22.1 Å². The van der Waals surface area contributed by atoms with Crippen LogP contribution in [-0.4, -0.2) is 31.5 Å². The van der Waals surface area contributed by atoms with Crippen LogP contribution >= 0.6 is 0 Å². The Morgan fingerprint density at radius 3 is 2.50 bits per heavy atom. The molecule has 0 saturated carbocycles. The Kier molecular flexibility index (Phi) is 5.60. The van der Waals surface area contributed by atoms with Gasteiger partial charge in [-0.05, 0) is 26.0 Å². The number of nitrogens with one attached hydrogen (secondary N) is 1. The average molecular weight is 398 g/mol. The van der Waals surface area contributed by atoms with Crippen molar-refractivity contribution in [3.8, 4) is 28.1 Å². The predicted molar refractivity (Wildman–Crippen MR) is 107 cm³/mol. The van der Waals surface area contributed by atoms with Gasteiger partial charge in [-0.3, -0.25) is 4.79 Å². The van der Waals surface area contributed by atoms with E-state index in [9.17, 15) is 13.2 Å². The maximum absolute atomic E-state index is 12.0. The van der Waals surface area contributed by atoms with Crippen molar-refractivity contribution in [2.75, 3.05) is 12.4 Å². The average Bonchev–Trinajstić information content (AvgIpc) is 3.09. The summed E-state index contributed by atoms with van der Waals surface area (Å²) in [4.78, 5) is 11.7. The summed E-state index contributed by atoms with van der Waals surface area (Å²) < 4.78 is 32.8. The molecule has 0 aliphatic carbocycles. The molecule has 8 heteroatoms. The number of aromatic nitrogens is 1. The van der Waals surface area contributed by atoms with Crippen LogP contribution in [0.5, 0.6) is 5.75 Å². The number of methoxy groups -OCH3 is 1. The number of ether oxygens (including phenoxy) is 1. The van der Waals surface area contributed by atoms with Crippen molar-refractivity contribution in [2.24, 2.45) is 0 Å². The van der Waals surface area contributed by atoms with Crippen molar-refractivity contribution < 1.29 is 22.5 Å². The quantitative estimate of drug-likeness (QED) is 0.662. The van der Waals surface area contributed by atoms with Crippen LogP contribution < -0.4 is 10.1 Å². The molecule has 0 spiro atoms. The lowest BCUT2D eigenvalue weighted by Crippen LogP contribution is -2.20. The minimum absolute atomic E-state index is 0.302. The molecule has 0 aliphatic rings. The molecule has 7 nitrogen and oxygen atoms in total. The number of aryl methyl sites for hydroxylation is 1. The zero-order valence-electron chi connectivity index (χ0n) is 15.5. The summed E-state index contributed by atoms with van der Waals surface area (Å²) in [6, 6.07) is 14.7. The molecule has 1 aromatic heterocycles. The summed E-state index contributed by atoms with van der Waals surface area (Å²) in [7, 11) is -1.06. The second-order valence-electron chi connectivity index (χ2n) is 5.99. The van der Waals surface area contributed by atoms with Crippen LogP contribution in [0.4, 0.5) is 5.69 Å². The number of benzene rings is 2. The fraction of sp³-hybridized carbons (Fsp3) is 0.150. The van der Waals surface area contributed by atoms with Gasteiger partial charge in [-0.2, -0.15) is 8.42 Å². The van der Waals surface area contributed by atoms with Gasteiger partial charge in [0.25, 0.3) is 5.91 Å². The first-order chi connectivity index (χ1) is 13.4. The third-order valence-corrected chi connectivity index (χ3v) is 4.89. The van der Waals surface area contributed by atoms with E-state index in [1.807, 2.05) is 37.3 Å². The van der Waals surface area contributed by atoms with E-state index in [4.69, 9.17) is 9.26 Å². The number of carbonyl (C=O) groups excluding carboxylic acids is 1. The lowest BCUT2D eigenvalue weighted by molar-refractivity contribution is -0.110. The predicted octanol–water partition coefficient (Wildman–Crippen LogP) is 3.34. The lowest BCUT2D eigenvalue weighted by Gasteiger charge is -2.12. The highest BCUT2D eigenvalue weighted by atomic mass is 32.2. The molecule has 0 aliphatic heterocycles. The first-order valence-corrected chi connectivity index (χ1v) is 9.44. The maximum Gasteiger partial charge on any atom is 0.266 e. The fourth-order valence-corrected chi connectivity index (χ4v) is 2.96. The van der Waals surface area contributed by atoms with Gasteiger partial charge in [-0.15, -0.1) is 0 Å². The zero-order chi connectivity index (χ0) is 20.3. The van der Waals surface area contributed by atoms with E-state index < -0.39 is 16.2 Å². The molecule has 144 valence electrons. The molecule has 2 aromatic carbocycles. The minimum Gasteiger partial charge on any atom is -0.496 e. The number of nitrogens with zero attached hydrogens (tertiary/aromatic N) is 1. The van der Waals surface area contributed by atoms with Crippen molar-refractivity contribution in [1.29, 1.82) is 0 Å². The van der Waals surface area contributed by atoms with Gasteiger partial charge in [-0.25, -0.2) is 0 Å². The normalized spacial score (nSPS) is 10.4. The molecular formula is C20H18N2O5S. The number of carbonyl (C=O) groups is 1. The van der Waals surface area contributed by atoms with Gasteiger partial charge < -0.3 is 14.6 Å². The second-order valence-corrected chi connectivity index (χ2v) is 7.07. The Balaban J connectivity index is 2.05. The van der Waals surface area contributed by atoms with Crippen LogP contribution in [0.25, 0.3) is 22.4 Å². The van der Waals surface area contributed by atoms with Gasteiger partial charge in [-0.1, -0.05) is 35.5 Å². The van der Waals surface area contributed by atoms with E-state index in [1.54, 1.807) is 18.2 Å². The Morgan fingerprint density at radius 1 is 1.14 bits per heavy atom. The molecule has 1 amide bonds.